The smallest absolute Gasteiger partial charge is 0.260 e. The van der Waals surface area contributed by atoms with Crippen molar-refractivity contribution in [3.63, 3.8) is 0 Å². The standard InChI is InChI=1S/C25H33N3O3S.ClH/c1-6-7-8-17-31-20-12-10-19(11-13-20)24(29)28(16-15-27(3)4)25-26-22-21(30-5)14-9-18(2)23(22)32-25;/h9-14H,6-8,15-17H2,1-5H3;1H. The van der Waals surface area contributed by atoms with Gasteiger partial charge < -0.3 is 14.4 Å². The lowest BCUT2D eigenvalue weighted by Crippen LogP contribution is -2.36. The first kappa shape index (κ1) is 26.9. The maximum Gasteiger partial charge on any atom is 0.260 e. The number of benzene rings is 2. The van der Waals surface area contributed by atoms with Crippen molar-refractivity contribution in [2.45, 2.75) is 33.1 Å². The van der Waals surface area contributed by atoms with Crippen LogP contribution in [0.5, 0.6) is 11.5 Å². The van der Waals surface area contributed by atoms with Gasteiger partial charge in [-0.2, -0.15) is 0 Å². The summed E-state index contributed by atoms with van der Waals surface area (Å²) in [5.74, 6) is 1.44. The largest absolute Gasteiger partial charge is 0.494 e. The lowest BCUT2D eigenvalue weighted by atomic mass is 10.2. The van der Waals surface area contributed by atoms with Crippen molar-refractivity contribution in [3.05, 3.63) is 47.5 Å². The van der Waals surface area contributed by atoms with Crippen molar-refractivity contribution in [2.24, 2.45) is 0 Å². The maximum atomic E-state index is 13.5. The van der Waals surface area contributed by atoms with Crippen molar-refractivity contribution in [1.29, 1.82) is 0 Å². The van der Waals surface area contributed by atoms with E-state index < -0.39 is 0 Å². The van der Waals surface area contributed by atoms with Crippen molar-refractivity contribution >= 4 is 45.0 Å². The van der Waals surface area contributed by atoms with Crippen LogP contribution in [0.2, 0.25) is 0 Å². The van der Waals surface area contributed by atoms with Crippen LogP contribution in [-0.4, -0.2) is 56.7 Å². The van der Waals surface area contributed by atoms with Gasteiger partial charge in [0.05, 0.1) is 18.4 Å². The molecule has 33 heavy (non-hydrogen) atoms. The van der Waals surface area contributed by atoms with Crippen LogP contribution in [0.15, 0.2) is 36.4 Å². The quantitative estimate of drug-likeness (QED) is 0.317. The number of anilines is 1. The Morgan fingerprint density at radius 3 is 2.42 bits per heavy atom. The molecular formula is C25H34ClN3O3S. The van der Waals surface area contributed by atoms with Crippen LogP contribution in [0.3, 0.4) is 0 Å². The van der Waals surface area contributed by atoms with E-state index in [4.69, 9.17) is 14.5 Å². The third-order valence-corrected chi connectivity index (χ3v) is 6.49. The molecule has 0 radical (unpaired) electrons. The van der Waals surface area contributed by atoms with Gasteiger partial charge in [0.1, 0.15) is 17.0 Å². The second-order valence-electron chi connectivity index (χ2n) is 8.10. The number of halogens is 1. The summed E-state index contributed by atoms with van der Waals surface area (Å²) in [5.41, 5.74) is 2.53. The fourth-order valence-corrected chi connectivity index (χ4v) is 4.43. The number of carbonyl (C=O) groups excluding carboxylic acids is 1. The first-order chi connectivity index (χ1) is 15.4. The van der Waals surface area contributed by atoms with Crippen LogP contribution in [0.25, 0.3) is 10.2 Å². The molecule has 0 aliphatic heterocycles. The predicted octanol–water partition coefficient (Wildman–Crippen LogP) is 5.81. The Labute approximate surface area is 206 Å². The third kappa shape index (κ3) is 6.82. The summed E-state index contributed by atoms with van der Waals surface area (Å²) in [4.78, 5) is 22.1. The van der Waals surface area contributed by atoms with Gasteiger partial charge in [-0.15, -0.1) is 12.4 Å². The highest BCUT2D eigenvalue weighted by atomic mass is 35.5. The average molecular weight is 492 g/mol. The van der Waals surface area contributed by atoms with E-state index in [9.17, 15) is 4.79 Å². The molecule has 0 spiro atoms. The predicted molar refractivity (Wildman–Crippen MR) is 140 cm³/mol. The van der Waals surface area contributed by atoms with Crippen LogP contribution < -0.4 is 14.4 Å². The Hall–Kier alpha value is -2.35. The summed E-state index contributed by atoms with van der Waals surface area (Å²) in [6, 6.07) is 11.4. The van der Waals surface area contributed by atoms with Gasteiger partial charge in [-0.3, -0.25) is 9.69 Å². The van der Waals surface area contributed by atoms with Crippen LogP contribution in [0, 0.1) is 6.92 Å². The second-order valence-corrected chi connectivity index (χ2v) is 9.08. The number of amides is 1. The number of nitrogens with zero attached hydrogens (tertiary/aromatic N) is 3. The Bertz CT molecular complexity index is 1040. The zero-order valence-electron chi connectivity index (χ0n) is 20.1. The van der Waals surface area contributed by atoms with Gasteiger partial charge in [-0.05, 0) is 63.3 Å². The van der Waals surface area contributed by atoms with E-state index in [1.165, 1.54) is 11.3 Å². The molecule has 0 unspecified atom stereocenters. The molecule has 1 heterocycles. The molecule has 8 heteroatoms. The number of thiazole rings is 1. The van der Waals surface area contributed by atoms with Gasteiger partial charge in [0.2, 0.25) is 0 Å². The fourth-order valence-electron chi connectivity index (χ4n) is 3.35. The van der Waals surface area contributed by atoms with Gasteiger partial charge in [-0.25, -0.2) is 4.98 Å². The molecule has 0 saturated heterocycles. The van der Waals surface area contributed by atoms with Crippen LogP contribution >= 0.6 is 23.7 Å². The summed E-state index contributed by atoms with van der Waals surface area (Å²) in [5, 5.41) is 0.680. The first-order valence-corrected chi connectivity index (χ1v) is 11.9. The van der Waals surface area contributed by atoms with E-state index in [1.54, 1.807) is 12.0 Å². The number of ether oxygens (including phenoxy) is 2. The number of fused-ring (bicyclic) bond motifs is 1. The highest BCUT2D eigenvalue weighted by Crippen LogP contribution is 2.36. The number of carbonyl (C=O) groups is 1. The lowest BCUT2D eigenvalue weighted by Gasteiger charge is -2.22. The molecule has 0 atom stereocenters. The van der Waals surface area contributed by atoms with Gasteiger partial charge in [-0.1, -0.05) is 37.2 Å². The number of likely N-dealkylation sites (N-methyl/N-ethyl adjacent to an activating group) is 1. The van der Waals surface area contributed by atoms with Crippen molar-refractivity contribution < 1.29 is 14.3 Å². The minimum absolute atomic E-state index is 0. The highest BCUT2D eigenvalue weighted by molar-refractivity contribution is 7.22. The first-order valence-electron chi connectivity index (χ1n) is 11.1. The number of aryl methyl sites for hydroxylation is 1. The van der Waals surface area contributed by atoms with E-state index in [-0.39, 0.29) is 18.3 Å². The Kier molecular flexibility index (Phi) is 10.4. The zero-order chi connectivity index (χ0) is 23.1. The average Bonchev–Trinajstić information content (AvgIpc) is 3.23. The van der Waals surface area contributed by atoms with E-state index in [1.807, 2.05) is 50.5 Å². The molecule has 3 rings (SSSR count). The van der Waals surface area contributed by atoms with E-state index >= 15 is 0 Å². The normalized spacial score (nSPS) is 10.8. The molecule has 180 valence electrons. The molecule has 0 fully saturated rings. The Morgan fingerprint density at radius 2 is 1.79 bits per heavy atom. The van der Waals surface area contributed by atoms with Gasteiger partial charge >= 0.3 is 0 Å². The molecule has 0 bridgehead atoms. The molecular weight excluding hydrogens is 458 g/mol. The van der Waals surface area contributed by atoms with Crippen molar-refractivity contribution in [1.82, 2.24) is 9.88 Å². The monoisotopic (exact) mass is 491 g/mol. The molecule has 0 aliphatic carbocycles. The van der Waals surface area contributed by atoms with Crippen LogP contribution in [-0.2, 0) is 0 Å². The minimum atomic E-state index is -0.0694. The van der Waals surface area contributed by atoms with E-state index in [2.05, 4.69) is 18.7 Å². The topological polar surface area (TPSA) is 54.9 Å². The van der Waals surface area contributed by atoms with E-state index in [0.717, 1.165) is 53.1 Å². The molecule has 0 saturated carbocycles. The molecule has 0 N–H and O–H groups in total. The van der Waals surface area contributed by atoms with Crippen LogP contribution in [0.1, 0.15) is 42.1 Å². The van der Waals surface area contributed by atoms with E-state index in [0.29, 0.717) is 23.8 Å². The minimum Gasteiger partial charge on any atom is -0.494 e. The number of hydrogen-bond donors (Lipinski definition) is 0. The molecule has 6 nitrogen and oxygen atoms in total. The fraction of sp³-hybridized carbons (Fsp3) is 0.440. The SMILES string of the molecule is CCCCCOc1ccc(C(=O)N(CCN(C)C)c2nc3c(OC)ccc(C)c3s2)cc1.Cl. The number of hydrogen-bond acceptors (Lipinski definition) is 6. The summed E-state index contributed by atoms with van der Waals surface area (Å²) in [7, 11) is 5.64. The molecule has 3 aromatic rings. The van der Waals surface area contributed by atoms with Crippen molar-refractivity contribution in [3.8, 4) is 11.5 Å². The number of aromatic nitrogens is 1. The van der Waals surface area contributed by atoms with Gasteiger partial charge in [0.25, 0.3) is 5.91 Å². The lowest BCUT2D eigenvalue weighted by molar-refractivity contribution is 0.0985. The zero-order valence-corrected chi connectivity index (χ0v) is 21.7. The Balaban J connectivity index is 0.00000385. The summed E-state index contributed by atoms with van der Waals surface area (Å²) >= 11 is 1.53. The summed E-state index contributed by atoms with van der Waals surface area (Å²) < 4.78 is 12.3. The third-order valence-electron chi connectivity index (χ3n) is 5.28. The van der Waals surface area contributed by atoms with Gasteiger partial charge in [0.15, 0.2) is 5.13 Å². The van der Waals surface area contributed by atoms with Crippen molar-refractivity contribution in [2.75, 3.05) is 45.8 Å². The maximum absolute atomic E-state index is 13.5. The van der Waals surface area contributed by atoms with Gasteiger partial charge in [0, 0.05) is 18.7 Å². The number of rotatable bonds is 11. The molecule has 0 aliphatic rings. The molecule has 2 aromatic carbocycles. The second kappa shape index (κ2) is 12.8. The number of methoxy groups -OCH3 is 1. The Morgan fingerprint density at radius 1 is 1.06 bits per heavy atom. The summed E-state index contributed by atoms with van der Waals surface area (Å²) in [6.45, 7) is 6.20. The number of unbranched alkanes of at least 4 members (excludes halogenated alkanes) is 2. The molecule has 1 aromatic heterocycles. The van der Waals surface area contributed by atoms with Crippen LogP contribution in [0.4, 0.5) is 5.13 Å². The molecule has 1 amide bonds. The highest BCUT2D eigenvalue weighted by Gasteiger charge is 2.23. The summed E-state index contributed by atoms with van der Waals surface area (Å²) in [6.07, 6.45) is 3.36.